The summed E-state index contributed by atoms with van der Waals surface area (Å²) in [6.07, 6.45) is 6.59. The number of nitrogens with zero attached hydrogens (tertiary/aromatic N) is 7. The second kappa shape index (κ2) is 9.38. The van der Waals surface area contributed by atoms with Gasteiger partial charge in [-0.05, 0) is 44.2 Å². The topological polar surface area (TPSA) is 82.4 Å². The maximum Gasteiger partial charge on any atom is 0.246 e. The number of imidazole rings is 1. The predicted molar refractivity (Wildman–Crippen MR) is 130 cm³/mol. The van der Waals surface area contributed by atoms with Crippen LogP contribution in [0.5, 0.6) is 0 Å². The van der Waals surface area contributed by atoms with Crippen LogP contribution in [0.2, 0.25) is 0 Å². The fourth-order valence-electron chi connectivity index (χ4n) is 4.68. The highest BCUT2D eigenvalue weighted by molar-refractivity contribution is 5.87. The number of carbonyl (C=O) groups excluding carboxylic acids is 1. The summed E-state index contributed by atoms with van der Waals surface area (Å²) in [4.78, 5) is 31.6. The van der Waals surface area contributed by atoms with Crippen molar-refractivity contribution in [3.05, 3.63) is 49.2 Å². The van der Waals surface area contributed by atoms with Crippen molar-refractivity contribution in [2.24, 2.45) is 0 Å². The number of piperidine rings is 1. The lowest BCUT2D eigenvalue weighted by Crippen LogP contribution is -2.44. The van der Waals surface area contributed by atoms with Crippen LogP contribution in [0.25, 0.3) is 11.2 Å². The van der Waals surface area contributed by atoms with Gasteiger partial charge in [-0.15, -0.1) is 0 Å². The highest BCUT2D eigenvalue weighted by Gasteiger charge is 2.25. The lowest BCUT2D eigenvalue weighted by molar-refractivity contribution is -0.127. The Morgan fingerprint density at radius 3 is 2.79 bits per heavy atom. The van der Waals surface area contributed by atoms with E-state index in [2.05, 4.69) is 43.7 Å². The molecule has 2 saturated heterocycles. The molecular weight excluding hydrogens is 435 g/mol. The molecule has 0 bridgehead atoms. The van der Waals surface area contributed by atoms with Crippen molar-refractivity contribution in [3.63, 3.8) is 0 Å². The summed E-state index contributed by atoms with van der Waals surface area (Å²) < 4.78 is 16.9. The van der Waals surface area contributed by atoms with E-state index >= 15 is 0 Å². The fourth-order valence-corrected chi connectivity index (χ4v) is 4.68. The highest BCUT2D eigenvalue weighted by atomic mass is 19.1. The van der Waals surface area contributed by atoms with Gasteiger partial charge in [0.15, 0.2) is 5.65 Å². The molecule has 3 aromatic rings. The summed E-state index contributed by atoms with van der Waals surface area (Å²) in [7, 11) is 2.08. The van der Waals surface area contributed by atoms with Gasteiger partial charge in [0, 0.05) is 45.0 Å². The van der Waals surface area contributed by atoms with Crippen molar-refractivity contribution < 1.29 is 9.18 Å². The number of likely N-dealkylation sites (tertiary alicyclic amines) is 1. The summed E-state index contributed by atoms with van der Waals surface area (Å²) in [5, 5.41) is 3.12. The number of amides is 1. The van der Waals surface area contributed by atoms with Gasteiger partial charge in [-0.25, -0.2) is 14.4 Å². The van der Waals surface area contributed by atoms with Crippen molar-refractivity contribution in [3.8, 4) is 0 Å². The van der Waals surface area contributed by atoms with E-state index in [1.54, 1.807) is 23.5 Å². The molecule has 0 aliphatic carbocycles. The van der Waals surface area contributed by atoms with Crippen LogP contribution in [0.3, 0.4) is 0 Å². The Bertz CT molecular complexity index is 1200. The highest BCUT2D eigenvalue weighted by Crippen LogP contribution is 2.27. The second-order valence-corrected chi connectivity index (χ2v) is 8.92. The molecule has 2 fully saturated rings. The molecule has 1 atom stereocenters. The minimum Gasteiger partial charge on any atom is -0.367 e. The Kier molecular flexibility index (Phi) is 6.14. The summed E-state index contributed by atoms with van der Waals surface area (Å²) in [6.45, 7) is 8.36. The first-order chi connectivity index (χ1) is 16.5. The van der Waals surface area contributed by atoms with E-state index in [1.807, 2.05) is 10.6 Å². The molecule has 2 aliphatic heterocycles. The normalized spacial score (nSPS) is 19.4. The molecule has 9 nitrogen and oxygen atoms in total. The van der Waals surface area contributed by atoms with E-state index in [4.69, 9.17) is 0 Å². The molecule has 2 aromatic heterocycles. The molecule has 34 heavy (non-hydrogen) atoms. The third kappa shape index (κ3) is 4.45. The summed E-state index contributed by atoms with van der Waals surface area (Å²) in [5.41, 5.74) is 2.56. The van der Waals surface area contributed by atoms with Crippen molar-refractivity contribution in [2.45, 2.75) is 18.9 Å². The van der Waals surface area contributed by atoms with E-state index in [0.29, 0.717) is 35.0 Å². The van der Waals surface area contributed by atoms with Gasteiger partial charge in [0.1, 0.15) is 11.3 Å². The third-order valence-corrected chi connectivity index (χ3v) is 6.64. The lowest BCUT2D eigenvalue weighted by Gasteiger charge is -2.34. The second-order valence-electron chi connectivity index (χ2n) is 8.92. The van der Waals surface area contributed by atoms with E-state index in [1.165, 1.54) is 12.1 Å². The molecular formula is C24H29FN8O. The molecule has 1 N–H and O–H groups in total. The van der Waals surface area contributed by atoms with Crippen LogP contribution in [-0.2, 0) is 4.79 Å². The molecule has 1 aromatic carbocycles. The quantitative estimate of drug-likeness (QED) is 0.582. The van der Waals surface area contributed by atoms with Gasteiger partial charge in [0.2, 0.25) is 11.9 Å². The maximum absolute atomic E-state index is 14.9. The number of piperazine rings is 1. The molecule has 4 heterocycles. The molecule has 0 spiro atoms. The van der Waals surface area contributed by atoms with E-state index in [0.717, 1.165) is 45.6 Å². The maximum atomic E-state index is 14.9. The summed E-state index contributed by atoms with van der Waals surface area (Å²) in [5.74, 6) is 0.0406. The van der Waals surface area contributed by atoms with Gasteiger partial charge in [-0.2, -0.15) is 4.98 Å². The summed E-state index contributed by atoms with van der Waals surface area (Å²) in [6, 6.07) is 5.21. The molecule has 1 amide bonds. The number of halogens is 1. The smallest absolute Gasteiger partial charge is 0.246 e. The molecule has 10 heteroatoms. The SMILES string of the molecule is C=CC(=O)N1CCCC(n2cnc3cnc(Nc4ccc(N5CCN(C)CC5)c(F)c4)nc32)C1. The van der Waals surface area contributed by atoms with Crippen molar-refractivity contribution >= 4 is 34.4 Å². The number of benzene rings is 1. The third-order valence-electron chi connectivity index (χ3n) is 6.64. The summed E-state index contributed by atoms with van der Waals surface area (Å²) >= 11 is 0. The van der Waals surface area contributed by atoms with Gasteiger partial charge in [-0.1, -0.05) is 6.58 Å². The molecule has 178 valence electrons. The monoisotopic (exact) mass is 464 g/mol. The number of nitrogens with one attached hydrogen (secondary N) is 1. The number of carbonyl (C=O) groups is 1. The zero-order chi connectivity index (χ0) is 23.7. The van der Waals surface area contributed by atoms with Crippen molar-refractivity contribution in [1.82, 2.24) is 29.3 Å². The number of hydrogen-bond acceptors (Lipinski definition) is 7. The molecule has 0 radical (unpaired) electrons. The zero-order valence-corrected chi connectivity index (χ0v) is 19.3. The van der Waals surface area contributed by atoms with Crippen LogP contribution in [-0.4, -0.2) is 81.5 Å². The first-order valence-corrected chi connectivity index (χ1v) is 11.6. The lowest BCUT2D eigenvalue weighted by atomic mass is 10.1. The van der Waals surface area contributed by atoms with E-state index in [9.17, 15) is 9.18 Å². The molecule has 2 aliphatic rings. The Labute approximate surface area is 197 Å². The standard InChI is InChI=1S/C24H29FN8O/c1-3-22(34)32-8-4-5-18(15-32)33-16-27-20-14-26-24(29-23(20)33)28-17-6-7-21(19(25)13-17)31-11-9-30(2)10-12-31/h3,6-7,13-14,16,18H,1,4-5,8-12,15H2,2H3,(H,26,28,29). The van der Waals surface area contributed by atoms with E-state index < -0.39 is 0 Å². The molecule has 1 unspecified atom stereocenters. The predicted octanol–water partition coefficient (Wildman–Crippen LogP) is 2.81. The first kappa shape index (κ1) is 22.3. The van der Waals surface area contributed by atoms with Crippen LogP contribution < -0.4 is 10.2 Å². The van der Waals surface area contributed by atoms with Gasteiger partial charge in [0.25, 0.3) is 0 Å². The molecule has 5 rings (SSSR count). The van der Waals surface area contributed by atoms with Crippen molar-refractivity contribution in [1.29, 1.82) is 0 Å². The van der Waals surface area contributed by atoms with Crippen LogP contribution in [0.4, 0.5) is 21.7 Å². The zero-order valence-electron chi connectivity index (χ0n) is 19.3. The van der Waals surface area contributed by atoms with Crippen LogP contribution in [0.15, 0.2) is 43.4 Å². The van der Waals surface area contributed by atoms with Crippen LogP contribution in [0, 0.1) is 5.82 Å². The van der Waals surface area contributed by atoms with Crippen molar-refractivity contribution in [2.75, 3.05) is 56.5 Å². The van der Waals surface area contributed by atoms with Crippen LogP contribution >= 0.6 is 0 Å². The van der Waals surface area contributed by atoms with Gasteiger partial charge in [-0.3, -0.25) is 4.79 Å². The minimum absolute atomic E-state index is 0.0619. The average Bonchev–Trinajstić information content (AvgIpc) is 3.28. The van der Waals surface area contributed by atoms with Crippen LogP contribution in [0.1, 0.15) is 18.9 Å². The number of fused-ring (bicyclic) bond motifs is 1. The number of anilines is 3. The van der Waals surface area contributed by atoms with Gasteiger partial charge < -0.3 is 24.6 Å². The van der Waals surface area contributed by atoms with E-state index in [-0.39, 0.29) is 17.8 Å². The van der Waals surface area contributed by atoms with Gasteiger partial charge in [0.05, 0.1) is 24.3 Å². The Morgan fingerprint density at radius 2 is 2.03 bits per heavy atom. The van der Waals surface area contributed by atoms with Gasteiger partial charge >= 0.3 is 0 Å². The fraction of sp³-hybridized carbons (Fsp3) is 0.417. The number of hydrogen-bond donors (Lipinski definition) is 1. The average molecular weight is 465 g/mol. The largest absolute Gasteiger partial charge is 0.367 e. The molecule has 0 saturated carbocycles. The Hall–Kier alpha value is -3.53. The number of rotatable bonds is 5. The Morgan fingerprint density at radius 1 is 1.21 bits per heavy atom. The Balaban J connectivity index is 1.34. The minimum atomic E-state index is -0.269. The first-order valence-electron chi connectivity index (χ1n) is 11.6. The number of likely N-dealkylation sites (N-methyl/N-ethyl adjacent to an activating group) is 1. The number of aromatic nitrogens is 4.